The molecule has 1 aromatic rings. The van der Waals surface area contributed by atoms with E-state index in [-0.39, 0.29) is 16.9 Å². The molecule has 1 rings (SSSR count). The second kappa shape index (κ2) is 7.65. The summed E-state index contributed by atoms with van der Waals surface area (Å²) >= 11 is 0. The molecule has 0 bridgehead atoms. The number of nitrogens with zero attached hydrogens (tertiary/aromatic N) is 3. The molecule has 1 N–H and O–H groups in total. The number of nitro groups is 1. The van der Waals surface area contributed by atoms with Gasteiger partial charge < -0.3 is 10.2 Å². The maximum atomic E-state index is 12.0. The highest BCUT2D eigenvalue weighted by Crippen LogP contribution is 2.17. The van der Waals surface area contributed by atoms with Crippen molar-refractivity contribution in [1.29, 1.82) is 5.26 Å². The Morgan fingerprint density at radius 2 is 2.14 bits per heavy atom. The molecule has 7 nitrogen and oxygen atoms in total. The van der Waals surface area contributed by atoms with Crippen molar-refractivity contribution in [3.05, 3.63) is 46.2 Å². The number of benzene rings is 1. The largest absolute Gasteiger partial charge is 0.377 e. The highest BCUT2D eigenvalue weighted by Gasteiger charge is 2.12. The molecule has 0 radical (unpaired) electrons. The maximum absolute atomic E-state index is 12.0. The monoisotopic (exact) mass is 288 g/mol. The standard InChI is InChI=1S/C14H16N4O3/c1-3-17(4-2)10-11(9-15)14(19)16-12-6-5-7-13(8-12)18(20)21/h5-8,10H,3-4H2,1-2H3,(H,16,19)/b11-10-. The van der Waals surface area contributed by atoms with Crippen LogP contribution in [0.1, 0.15) is 13.8 Å². The van der Waals surface area contributed by atoms with Crippen LogP contribution in [0.4, 0.5) is 11.4 Å². The third kappa shape index (κ3) is 4.62. The van der Waals surface area contributed by atoms with Gasteiger partial charge in [0, 0.05) is 37.1 Å². The predicted molar refractivity (Wildman–Crippen MR) is 78.3 cm³/mol. The molecule has 0 saturated heterocycles. The number of anilines is 1. The second-order valence-electron chi connectivity index (χ2n) is 4.14. The number of nitro benzene ring substituents is 1. The van der Waals surface area contributed by atoms with Crippen LogP contribution in [0.2, 0.25) is 0 Å². The fraction of sp³-hybridized carbons (Fsp3) is 0.286. The minimum absolute atomic E-state index is 0.0507. The van der Waals surface area contributed by atoms with Gasteiger partial charge in [-0.15, -0.1) is 0 Å². The van der Waals surface area contributed by atoms with Crippen LogP contribution in [-0.4, -0.2) is 28.8 Å². The van der Waals surface area contributed by atoms with Gasteiger partial charge in [0.15, 0.2) is 0 Å². The van der Waals surface area contributed by atoms with E-state index in [9.17, 15) is 14.9 Å². The molecule has 0 aliphatic carbocycles. The van der Waals surface area contributed by atoms with Gasteiger partial charge in [-0.1, -0.05) is 6.07 Å². The molecule has 0 atom stereocenters. The van der Waals surface area contributed by atoms with E-state index in [4.69, 9.17) is 5.26 Å². The Balaban J connectivity index is 2.91. The Morgan fingerprint density at radius 3 is 2.67 bits per heavy atom. The number of rotatable bonds is 6. The molecular formula is C14H16N4O3. The van der Waals surface area contributed by atoms with Crippen LogP contribution in [-0.2, 0) is 4.79 Å². The summed E-state index contributed by atoms with van der Waals surface area (Å²) in [5, 5.41) is 22.2. The SMILES string of the molecule is CCN(/C=C(/C#N)C(=O)Nc1cccc([N+](=O)[O-])c1)CC. The Hall–Kier alpha value is -2.88. The van der Waals surface area contributed by atoms with Gasteiger partial charge in [-0.3, -0.25) is 14.9 Å². The average molecular weight is 288 g/mol. The summed E-state index contributed by atoms with van der Waals surface area (Å²) in [6, 6.07) is 7.39. The molecule has 0 heterocycles. The molecule has 0 fully saturated rings. The molecule has 21 heavy (non-hydrogen) atoms. The lowest BCUT2D eigenvalue weighted by Gasteiger charge is -2.15. The van der Waals surface area contributed by atoms with Crippen LogP contribution in [0.15, 0.2) is 36.0 Å². The Labute approximate surface area is 122 Å². The molecule has 1 amide bonds. The smallest absolute Gasteiger partial charge is 0.271 e. The molecule has 0 aromatic heterocycles. The van der Waals surface area contributed by atoms with Crippen molar-refractivity contribution in [2.45, 2.75) is 13.8 Å². The first-order chi connectivity index (χ1) is 10.0. The van der Waals surface area contributed by atoms with E-state index >= 15 is 0 Å². The quantitative estimate of drug-likeness (QED) is 0.374. The number of nitriles is 1. The van der Waals surface area contributed by atoms with Gasteiger partial charge in [0.05, 0.1) is 4.92 Å². The minimum atomic E-state index is -0.593. The van der Waals surface area contributed by atoms with E-state index in [1.54, 1.807) is 0 Å². The fourth-order valence-corrected chi connectivity index (χ4v) is 1.62. The van der Waals surface area contributed by atoms with Gasteiger partial charge in [0.1, 0.15) is 11.6 Å². The third-order valence-corrected chi connectivity index (χ3v) is 2.80. The van der Waals surface area contributed by atoms with Gasteiger partial charge in [-0.25, -0.2) is 0 Å². The summed E-state index contributed by atoms with van der Waals surface area (Å²) < 4.78 is 0. The molecule has 110 valence electrons. The molecular weight excluding hydrogens is 272 g/mol. The van der Waals surface area contributed by atoms with Gasteiger partial charge in [0.2, 0.25) is 0 Å². The molecule has 0 saturated carbocycles. The number of hydrogen-bond acceptors (Lipinski definition) is 5. The topological polar surface area (TPSA) is 99.3 Å². The van der Waals surface area contributed by atoms with Crippen LogP contribution in [0.3, 0.4) is 0 Å². The van der Waals surface area contributed by atoms with E-state index in [1.807, 2.05) is 24.8 Å². The van der Waals surface area contributed by atoms with Crippen LogP contribution in [0.5, 0.6) is 0 Å². The Morgan fingerprint density at radius 1 is 1.48 bits per heavy atom. The summed E-state index contributed by atoms with van der Waals surface area (Å²) in [6.45, 7) is 5.17. The van der Waals surface area contributed by atoms with Crippen molar-refractivity contribution in [3.63, 3.8) is 0 Å². The second-order valence-corrected chi connectivity index (χ2v) is 4.14. The normalized spacial score (nSPS) is 10.6. The van der Waals surface area contributed by atoms with E-state index in [0.29, 0.717) is 13.1 Å². The lowest BCUT2D eigenvalue weighted by atomic mass is 10.2. The number of carbonyl (C=O) groups is 1. The van der Waals surface area contributed by atoms with Crippen molar-refractivity contribution < 1.29 is 9.72 Å². The lowest BCUT2D eigenvalue weighted by molar-refractivity contribution is -0.384. The van der Waals surface area contributed by atoms with E-state index in [1.165, 1.54) is 30.5 Å². The van der Waals surface area contributed by atoms with Crippen molar-refractivity contribution in [2.75, 3.05) is 18.4 Å². The lowest BCUT2D eigenvalue weighted by Crippen LogP contribution is -2.20. The first kappa shape index (κ1) is 16.2. The third-order valence-electron chi connectivity index (χ3n) is 2.80. The predicted octanol–water partition coefficient (Wildman–Crippen LogP) is 2.28. The van der Waals surface area contributed by atoms with Crippen LogP contribution in [0.25, 0.3) is 0 Å². The molecule has 0 unspecified atom stereocenters. The summed E-state index contributed by atoms with van der Waals surface area (Å²) in [6.07, 6.45) is 1.48. The molecule has 0 spiro atoms. The number of nitrogens with one attached hydrogen (secondary N) is 1. The molecule has 1 aromatic carbocycles. The zero-order valence-electron chi connectivity index (χ0n) is 11.9. The highest BCUT2D eigenvalue weighted by atomic mass is 16.6. The number of amides is 1. The Bertz CT molecular complexity index is 600. The summed E-state index contributed by atoms with van der Waals surface area (Å²) in [4.78, 5) is 23.9. The Kier molecular flexibility index (Phi) is 5.89. The van der Waals surface area contributed by atoms with Gasteiger partial charge >= 0.3 is 0 Å². The van der Waals surface area contributed by atoms with Crippen molar-refractivity contribution >= 4 is 17.3 Å². The average Bonchev–Trinajstić information content (AvgIpc) is 2.48. The van der Waals surface area contributed by atoms with E-state index in [0.717, 1.165) is 0 Å². The van der Waals surface area contributed by atoms with Crippen molar-refractivity contribution in [1.82, 2.24) is 4.90 Å². The van der Waals surface area contributed by atoms with Crippen LogP contribution >= 0.6 is 0 Å². The number of carbonyl (C=O) groups excluding carboxylic acids is 1. The van der Waals surface area contributed by atoms with Gasteiger partial charge in [0.25, 0.3) is 11.6 Å². The van der Waals surface area contributed by atoms with Crippen LogP contribution < -0.4 is 5.32 Å². The van der Waals surface area contributed by atoms with Crippen LogP contribution in [0, 0.1) is 21.4 Å². The summed E-state index contributed by atoms with van der Waals surface area (Å²) in [5.74, 6) is -0.593. The van der Waals surface area contributed by atoms with Gasteiger partial charge in [-0.05, 0) is 19.9 Å². The number of hydrogen-bond donors (Lipinski definition) is 1. The minimum Gasteiger partial charge on any atom is -0.377 e. The zero-order valence-corrected chi connectivity index (χ0v) is 11.9. The highest BCUT2D eigenvalue weighted by molar-refractivity contribution is 6.06. The summed E-state index contributed by atoms with van der Waals surface area (Å²) in [5.41, 5.74) is 0.0964. The summed E-state index contributed by atoms with van der Waals surface area (Å²) in [7, 11) is 0. The van der Waals surface area contributed by atoms with Crippen molar-refractivity contribution in [3.8, 4) is 6.07 Å². The maximum Gasteiger partial charge on any atom is 0.271 e. The van der Waals surface area contributed by atoms with Gasteiger partial charge in [-0.2, -0.15) is 5.26 Å². The van der Waals surface area contributed by atoms with Crippen molar-refractivity contribution in [2.24, 2.45) is 0 Å². The molecule has 7 heteroatoms. The fourth-order valence-electron chi connectivity index (χ4n) is 1.62. The zero-order chi connectivity index (χ0) is 15.8. The molecule has 0 aliphatic heterocycles. The first-order valence-electron chi connectivity index (χ1n) is 6.43. The first-order valence-corrected chi connectivity index (χ1v) is 6.43. The number of non-ortho nitro benzene ring substituents is 1. The molecule has 0 aliphatic rings. The van der Waals surface area contributed by atoms with E-state index in [2.05, 4.69) is 5.32 Å². The van der Waals surface area contributed by atoms with E-state index < -0.39 is 10.8 Å².